The summed E-state index contributed by atoms with van der Waals surface area (Å²) in [5.74, 6) is -0.818. The second-order valence-electron chi connectivity index (χ2n) is 8.14. The lowest BCUT2D eigenvalue weighted by Gasteiger charge is -2.38. The summed E-state index contributed by atoms with van der Waals surface area (Å²) in [5.41, 5.74) is 4.00. The third kappa shape index (κ3) is 4.26. The van der Waals surface area contributed by atoms with Gasteiger partial charge in [0, 0.05) is 17.9 Å². The van der Waals surface area contributed by atoms with Crippen molar-refractivity contribution in [3.05, 3.63) is 95.4 Å². The standard InChI is InChI=1S/C27H27N3O2S/c1-4-5-16-28-19(2)17-21(18-20(28)3)24-25(31)29(22-12-8-6-9-13-22)27(33)30(26(24)32)23-14-10-7-11-15-23/h6-15,17-18H,4-5,16H2,1-3H3. The van der Waals surface area contributed by atoms with Gasteiger partial charge in [-0.05, 0) is 74.5 Å². The van der Waals surface area contributed by atoms with E-state index in [2.05, 4.69) is 11.8 Å². The number of carbonyl (C=O) groups is 2. The highest BCUT2D eigenvalue weighted by Crippen LogP contribution is 2.33. The van der Waals surface area contributed by atoms with E-state index in [4.69, 9.17) is 12.2 Å². The number of carbonyl (C=O) groups excluding carboxylic acids is 2. The van der Waals surface area contributed by atoms with Crippen LogP contribution in [-0.4, -0.2) is 28.4 Å². The van der Waals surface area contributed by atoms with E-state index in [9.17, 15) is 9.59 Å². The third-order valence-corrected chi connectivity index (χ3v) is 6.21. The van der Waals surface area contributed by atoms with Crippen molar-refractivity contribution in [2.24, 2.45) is 0 Å². The molecule has 2 aromatic carbocycles. The molecule has 1 fully saturated rings. The summed E-state index contributed by atoms with van der Waals surface area (Å²) >= 11 is 5.68. The Balaban J connectivity index is 1.87. The SMILES string of the molecule is CCCCN1C(C)=CC(=C2C(=O)N(c3ccccc3)C(=S)N(c3ccccc3)C2=O)C=C1C. The molecule has 2 heterocycles. The van der Waals surface area contributed by atoms with Crippen molar-refractivity contribution < 1.29 is 9.59 Å². The first-order valence-corrected chi connectivity index (χ1v) is 11.6. The first-order valence-electron chi connectivity index (χ1n) is 11.2. The summed E-state index contributed by atoms with van der Waals surface area (Å²) < 4.78 is 0. The minimum absolute atomic E-state index is 0.116. The maximum Gasteiger partial charge on any atom is 0.270 e. The number of anilines is 2. The molecular formula is C27H27N3O2S. The lowest BCUT2D eigenvalue weighted by atomic mass is 9.97. The van der Waals surface area contributed by atoms with E-state index in [-0.39, 0.29) is 10.7 Å². The van der Waals surface area contributed by atoms with Crippen LogP contribution < -0.4 is 9.80 Å². The summed E-state index contributed by atoms with van der Waals surface area (Å²) in [4.78, 5) is 32.6. The Bertz CT molecular complexity index is 1100. The summed E-state index contributed by atoms with van der Waals surface area (Å²) in [5, 5.41) is 0.147. The fraction of sp³-hybridized carbons (Fsp3) is 0.222. The van der Waals surface area contributed by atoms with Gasteiger partial charge in [-0.25, -0.2) is 0 Å². The van der Waals surface area contributed by atoms with Crippen molar-refractivity contribution in [3.63, 3.8) is 0 Å². The highest BCUT2D eigenvalue weighted by Gasteiger charge is 2.42. The smallest absolute Gasteiger partial charge is 0.270 e. The van der Waals surface area contributed by atoms with E-state index in [1.54, 1.807) is 0 Å². The average molecular weight is 458 g/mol. The summed E-state index contributed by atoms with van der Waals surface area (Å²) in [6.07, 6.45) is 6.01. The molecule has 33 heavy (non-hydrogen) atoms. The fourth-order valence-corrected chi connectivity index (χ4v) is 4.56. The van der Waals surface area contributed by atoms with Gasteiger partial charge in [0.25, 0.3) is 11.8 Å². The van der Waals surface area contributed by atoms with Crippen molar-refractivity contribution in [2.75, 3.05) is 16.3 Å². The van der Waals surface area contributed by atoms with Crippen LogP contribution in [0.4, 0.5) is 11.4 Å². The van der Waals surface area contributed by atoms with E-state index < -0.39 is 11.8 Å². The molecule has 1 saturated heterocycles. The van der Waals surface area contributed by atoms with Crippen LogP contribution in [0.15, 0.2) is 95.4 Å². The average Bonchev–Trinajstić information content (AvgIpc) is 2.80. The molecule has 168 valence electrons. The first kappa shape index (κ1) is 22.7. The predicted octanol–water partition coefficient (Wildman–Crippen LogP) is 5.57. The van der Waals surface area contributed by atoms with Gasteiger partial charge in [0.15, 0.2) is 5.11 Å². The molecular weight excluding hydrogens is 430 g/mol. The Kier molecular flexibility index (Phi) is 6.56. The van der Waals surface area contributed by atoms with Gasteiger partial charge in [-0.15, -0.1) is 0 Å². The van der Waals surface area contributed by atoms with Crippen molar-refractivity contribution >= 4 is 40.5 Å². The van der Waals surface area contributed by atoms with Crippen LogP contribution in [0.1, 0.15) is 33.6 Å². The molecule has 0 N–H and O–H groups in total. The quantitative estimate of drug-likeness (QED) is 0.334. The molecule has 0 saturated carbocycles. The molecule has 0 aromatic heterocycles. The molecule has 5 nitrogen and oxygen atoms in total. The number of hydrogen-bond acceptors (Lipinski definition) is 4. The Morgan fingerprint density at radius 1 is 0.758 bits per heavy atom. The molecule has 2 aliphatic heterocycles. The zero-order valence-corrected chi connectivity index (χ0v) is 19.9. The molecule has 0 atom stereocenters. The van der Waals surface area contributed by atoms with E-state index in [1.165, 1.54) is 9.80 Å². The molecule has 0 aliphatic carbocycles. The van der Waals surface area contributed by atoms with Crippen LogP contribution in [0.3, 0.4) is 0 Å². The van der Waals surface area contributed by atoms with Gasteiger partial charge in [0.2, 0.25) is 0 Å². The van der Waals surface area contributed by atoms with E-state index in [1.807, 2.05) is 86.7 Å². The highest BCUT2D eigenvalue weighted by atomic mass is 32.1. The third-order valence-electron chi connectivity index (χ3n) is 5.85. The van der Waals surface area contributed by atoms with Crippen LogP contribution >= 0.6 is 12.2 Å². The normalized spacial score (nSPS) is 16.9. The maximum absolute atomic E-state index is 13.8. The zero-order valence-electron chi connectivity index (χ0n) is 19.1. The number of rotatable bonds is 5. The molecule has 0 bridgehead atoms. The Morgan fingerprint density at radius 2 is 1.21 bits per heavy atom. The van der Waals surface area contributed by atoms with E-state index >= 15 is 0 Å². The van der Waals surface area contributed by atoms with Crippen molar-refractivity contribution in [1.29, 1.82) is 0 Å². The van der Waals surface area contributed by atoms with Crippen LogP contribution in [0.5, 0.6) is 0 Å². The number of allylic oxidation sites excluding steroid dienone is 5. The molecule has 2 amide bonds. The molecule has 4 rings (SSSR count). The minimum atomic E-state index is -0.409. The summed E-state index contributed by atoms with van der Waals surface area (Å²) in [6.45, 7) is 7.09. The topological polar surface area (TPSA) is 43.9 Å². The molecule has 0 radical (unpaired) electrons. The van der Waals surface area contributed by atoms with Gasteiger partial charge in [0.05, 0.1) is 11.4 Å². The molecule has 0 unspecified atom stereocenters. The van der Waals surface area contributed by atoms with Crippen LogP contribution in [0.2, 0.25) is 0 Å². The largest absolute Gasteiger partial charge is 0.349 e. The molecule has 6 heteroatoms. The monoisotopic (exact) mass is 457 g/mol. The lowest BCUT2D eigenvalue weighted by molar-refractivity contribution is -0.121. The summed E-state index contributed by atoms with van der Waals surface area (Å²) in [6, 6.07) is 18.4. The lowest BCUT2D eigenvalue weighted by Crippen LogP contribution is -2.57. The number of para-hydroxylation sites is 2. The minimum Gasteiger partial charge on any atom is -0.349 e. The van der Waals surface area contributed by atoms with Gasteiger partial charge in [-0.3, -0.25) is 19.4 Å². The van der Waals surface area contributed by atoms with Gasteiger partial charge < -0.3 is 4.90 Å². The van der Waals surface area contributed by atoms with Crippen molar-refractivity contribution in [3.8, 4) is 0 Å². The Morgan fingerprint density at radius 3 is 1.64 bits per heavy atom. The van der Waals surface area contributed by atoms with Crippen LogP contribution in [-0.2, 0) is 9.59 Å². The van der Waals surface area contributed by atoms with Crippen molar-refractivity contribution in [2.45, 2.75) is 33.6 Å². The number of nitrogens with zero attached hydrogens (tertiary/aromatic N) is 3. The van der Waals surface area contributed by atoms with Crippen LogP contribution in [0.25, 0.3) is 0 Å². The second kappa shape index (κ2) is 9.55. The van der Waals surface area contributed by atoms with E-state index in [0.717, 1.165) is 30.8 Å². The number of benzene rings is 2. The first-order chi connectivity index (χ1) is 15.9. The zero-order chi connectivity index (χ0) is 23.5. The van der Waals surface area contributed by atoms with Gasteiger partial charge in [-0.1, -0.05) is 49.7 Å². The number of thiocarbonyl (C=S) groups is 1. The van der Waals surface area contributed by atoms with Gasteiger partial charge >= 0.3 is 0 Å². The second-order valence-corrected chi connectivity index (χ2v) is 8.51. The van der Waals surface area contributed by atoms with Gasteiger partial charge in [-0.2, -0.15) is 0 Å². The number of unbranched alkanes of at least 4 members (excludes halogenated alkanes) is 1. The molecule has 2 aliphatic rings. The van der Waals surface area contributed by atoms with Crippen LogP contribution in [0, 0.1) is 0 Å². The number of hydrogen-bond donors (Lipinski definition) is 0. The maximum atomic E-state index is 13.8. The Labute approximate surface area is 200 Å². The molecule has 2 aromatic rings. The molecule has 0 spiro atoms. The fourth-order valence-electron chi connectivity index (χ4n) is 4.18. The van der Waals surface area contributed by atoms with Crippen molar-refractivity contribution in [1.82, 2.24) is 4.90 Å². The van der Waals surface area contributed by atoms with E-state index in [0.29, 0.717) is 16.9 Å². The Hall–Kier alpha value is -3.51. The summed E-state index contributed by atoms with van der Waals surface area (Å²) in [7, 11) is 0. The van der Waals surface area contributed by atoms with Gasteiger partial charge in [0.1, 0.15) is 5.57 Å². The predicted molar refractivity (Wildman–Crippen MR) is 137 cm³/mol. The number of amides is 2. The highest BCUT2D eigenvalue weighted by molar-refractivity contribution is 7.81.